The van der Waals surface area contributed by atoms with E-state index in [1.54, 1.807) is 54.3 Å². The summed E-state index contributed by atoms with van der Waals surface area (Å²) in [6.45, 7) is 4.16. The number of nitrogens with one attached hydrogen (secondary N) is 1. The number of para-hydroxylation sites is 1. The number of anilines is 2. The first-order chi connectivity index (χ1) is 12.0. The SMILES string of the molecule is CCN1C(=O)C(C)Oc2ccc(NC(=O)c3ccccc3OC)cc21. The van der Waals surface area contributed by atoms with Gasteiger partial charge in [0.25, 0.3) is 11.8 Å². The van der Waals surface area contributed by atoms with Gasteiger partial charge in [0.05, 0.1) is 18.4 Å². The predicted molar refractivity (Wildman–Crippen MR) is 95.5 cm³/mol. The molecule has 1 aliphatic rings. The number of fused-ring (bicyclic) bond motifs is 1. The first kappa shape index (κ1) is 16.8. The molecular weight excluding hydrogens is 320 g/mol. The molecule has 0 aliphatic carbocycles. The van der Waals surface area contributed by atoms with Gasteiger partial charge in [-0.3, -0.25) is 9.59 Å². The fourth-order valence-electron chi connectivity index (χ4n) is 2.84. The number of hydrogen-bond donors (Lipinski definition) is 1. The van der Waals surface area contributed by atoms with E-state index >= 15 is 0 Å². The standard InChI is InChI=1S/C19H20N2O4/c1-4-21-15-11-13(9-10-17(15)25-12(2)19(21)23)20-18(22)14-7-5-6-8-16(14)24-3/h5-12H,4H2,1-3H3,(H,20,22). The molecular formula is C19H20N2O4. The molecule has 1 aliphatic heterocycles. The third kappa shape index (κ3) is 3.15. The van der Waals surface area contributed by atoms with Crippen molar-refractivity contribution in [2.45, 2.75) is 20.0 Å². The van der Waals surface area contributed by atoms with Gasteiger partial charge in [0.1, 0.15) is 11.5 Å². The highest BCUT2D eigenvalue weighted by Gasteiger charge is 2.30. The Bertz CT molecular complexity index is 819. The lowest BCUT2D eigenvalue weighted by Gasteiger charge is -2.32. The average molecular weight is 340 g/mol. The van der Waals surface area contributed by atoms with Crippen molar-refractivity contribution in [3.63, 3.8) is 0 Å². The van der Waals surface area contributed by atoms with Crippen LogP contribution in [0.15, 0.2) is 42.5 Å². The first-order valence-corrected chi connectivity index (χ1v) is 8.11. The molecule has 2 aromatic rings. The number of hydrogen-bond acceptors (Lipinski definition) is 4. The summed E-state index contributed by atoms with van der Waals surface area (Å²) in [6.07, 6.45) is -0.513. The largest absolute Gasteiger partial charge is 0.496 e. The minimum atomic E-state index is -0.513. The van der Waals surface area contributed by atoms with Crippen LogP contribution in [0.1, 0.15) is 24.2 Å². The van der Waals surface area contributed by atoms with Crippen LogP contribution in [0, 0.1) is 0 Å². The molecule has 6 nitrogen and oxygen atoms in total. The Morgan fingerprint density at radius 2 is 2.04 bits per heavy atom. The summed E-state index contributed by atoms with van der Waals surface area (Å²) in [6, 6.07) is 12.3. The van der Waals surface area contributed by atoms with E-state index in [1.165, 1.54) is 7.11 Å². The fourth-order valence-corrected chi connectivity index (χ4v) is 2.84. The van der Waals surface area contributed by atoms with Crippen molar-refractivity contribution in [2.75, 3.05) is 23.9 Å². The van der Waals surface area contributed by atoms with Crippen LogP contribution in [0.3, 0.4) is 0 Å². The van der Waals surface area contributed by atoms with Crippen LogP contribution >= 0.6 is 0 Å². The number of rotatable bonds is 4. The summed E-state index contributed by atoms with van der Waals surface area (Å²) in [4.78, 5) is 26.4. The number of likely N-dealkylation sites (N-methyl/N-ethyl adjacent to an activating group) is 1. The topological polar surface area (TPSA) is 67.9 Å². The molecule has 25 heavy (non-hydrogen) atoms. The summed E-state index contributed by atoms with van der Waals surface area (Å²) in [5, 5.41) is 2.84. The van der Waals surface area contributed by atoms with E-state index in [1.807, 2.05) is 6.92 Å². The quantitative estimate of drug-likeness (QED) is 0.929. The van der Waals surface area contributed by atoms with Gasteiger partial charge < -0.3 is 19.7 Å². The Kier molecular flexibility index (Phi) is 4.61. The molecule has 0 aromatic heterocycles. The van der Waals surface area contributed by atoms with Crippen molar-refractivity contribution in [1.82, 2.24) is 0 Å². The average Bonchev–Trinajstić information content (AvgIpc) is 2.63. The van der Waals surface area contributed by atoms with Crippen LogP contribution in [0.25, 0.3) is 0 Å². The molecule has 0 bridgehead atoms. The zero-order valence-electron chi connectivity index (χ0n) is 14.4. The highest BCUT2D eigenvalue weighted by Crippen LogP contribution is 2.36. The van der Waals surface area contributed by atoms with Crippen LogP contribution in [-0.4, -0.2) is 31.6 Å². The zero-order valence-corrected chi connectivity index (χ0v) is 14.4. The van der Waals surface area contributed by atoms with E-state index in [-0.39, 0.29) is 11.8 Å². The molecule has 0 radical (unpaired) electrons. The molecule has 6 heteroatoms. The van der Waals surface area contributed by atoms with E-state index in [4.69, 9.17) is 9.47 Å². The van der Waals surface area contributed by atoms with Gasteiger partial charge in [-0.25, -0.2) is 0 Å². The summed E-state index contributed by atoms with van der Waals surface area (Å²) in [5.74, 6) is 0.754. The van der Waals surface area contributed by atoms with Crippen LogP contribution in [-0.2, 0) is 4.79 Å². The number of ether oxygens (including phenoxy) is 2. The number of amides is 2. The van der Waals surface area contributed by atoms with Crippen LogP contribution < -0.4 is 19.7 Å². The highest BCUT2D eigenvalue weighted by molar-refractivity contribution is 6.07. The van der Waals surface area contributed by atoms with Gasteiger partial charge in [-0.05, 0) is 44.2 Å². The van der Waals surface area contributed by atoms with E-state index < -0.39 is 6.10 Å². The molecule has 0 saturated heterocycles. The maximum absolute atomic E-state index is 12.5. The van der Waals surface area contributed by atoms with Crippen molar-refractivity contribution in [3.05, 3.63) is 48.0 Å². The monoisotopic (exact) mass is 340 g/mol. The summed E-state index contributed by atoms with van der Waals surface area (Å²) >= 11 is 0. The Morgan fingerprint density at radius 1 is 1.28 bits per heavy atom. The first-order valence-electron chi connectivity index (χ1n) is 8.11. The molecule has 1 unspecified atom stereocenters. The minimum absolute atomic E-state index is 0.0943. The predicted octanol–water partition coefficient (Wildman–Crippen LogP) is 3.08. The summed E-state index contributed by atoms with van der Waals surface area (Å²) in [5.41, 5.74) is 1.68. The second-order valence-electron chi connectivity index (χ2n) is 5.68. The molecule has 2 amide bonds. The van der Waals surface area contributed by atoms with E-state index in [0.29, 0.717) is 35.0 Å². The van der Waals surface area contributed by atoms with Gasteiger partial charge in [-0.1, -0.05) is 12.1 Å². The molecule has 3 rings (SSSR count). The smallest absolute Gasteiger partial charge is 0.267 e. The Labute approximate surface area is 146 Å². The van der Waals surface area contributed by atoms with Gasteiger partial charge in [0.2, 0.25) is 0 Å². The maximum atomic E-state index is 12.5. The molecule has 1 heterocycles. The van der Waals surface area contributed by atoms with Gasteiger partial charge >= 0.3 is 0 Å². The van der Waals surface area contributed by atoms with Crippen molar-refractivity contribution < 1.29 is 19.1 Å². The van der Waals surface area contributed by atoms with Crippen LogP contribution in [0.2, 0.25) is 0 Å². The van der Waals surface area contributed by atoms with Crippen molar-refractivity contribution in [3.8, 4) is 11.5 Å². The van der Waals surface area contributed by atoms with E-state index in [2.05, 4.69) is 5.32 Å². The zero-order chi connectivity index (χ0) is 18.0. The van der Waals surface area contributed by atoms with E-state index in [9.17, 15) is 9.59 Å². The second kappa shape index (κ2) is 6.84. The Morgan fingerprint density at radius 3 is 2.76 bits per heavy atom. The number of methoxy groups -OCH3 is 1. The molecule has 2 aromatic carbocycles. The summed E-state index contributed by atoms with van der Waals surface area (Å²) < 4.78 is 10.9. The number of nitrogens with zero attached hydrogens (tertiary/aromatic N) is 1. The molecule has 1 atom stereocenters. The third-order valence-corrected chi connectivity index (χ3v) is 4.09. The van der Waals surface area contributed by atoms with Gasteiger partial charge in [-0.2, -0.15) is 0 Å². The lowest BCUT2D eigenvalue weighted by Crippen LogP contribution is -2.44. The van der Waals surface area contributed by atoms with E-state index in [0.717, 1.165) is 0 Å². The minimum Gasteiger partial charge on any atom is -0.496 e. The Balaban J connectivity index is 1.89. The lowest BCUT2D eigenvalue weighted by atomic mass is 10.1. The summed E-state index contributed by atoms with van der Waals surface area (Å²) in [7, 11) is 1.52. The van der Waals surface area contributed by atoms with Gasteiger partial charge in [0, 0.05) is 12.2 Å². The third-order valence-electron chi connectivity index (χ3n) is 4.09. The lowest BCUT2D eigenvalue weighted by molar-refractivity contribution is -0.125. The van der Waals surface area contributed by atoms with Crippen molar-refractivity contribution in [1.29, 1.82) is 0 Å². The highest BCUT2D eigenvalue weighted by atomic mass is 16.5. The van der Waals surface area contributed by atoms with Crippen LogP contribution in [0.5, 0.6) is 11.5 Å². The molecule has 0 spiro atoms. The van der Waals surface area contributed by atoms with Crippen LogP contribution in [0.4, 0.5) is 11.4 Å². The number of benzene rings is 2. The molecule has 0 fully saturated rings. The van der Waals surface area contributed by atoms with Crippen molar-refractivity contribution in [2.24, 2.45) is 0 Å². The molecule has 1 N–H and O–H groups in total. The van der Waals surface area contributed by atoms with Crippen molar-refractivity contribution >= 4 is 23.2 Å². The van der Waals surface area contributed by atoms with Gasteiger partial charge in [-0.15, -0.1) is 0 Å². The number of carbonyl (C=O) groups is 2. The second-order valence-corrected chi connectivity index (χ2v) is 5.68. The number of carbonyl (C=O) groups excluding carboxylic acids is 2. The Hall–Kier alpha value is -3.02. The fraction of sp³-hybridized carbons (Fsp3) is 0.263. The van der Waals surface area contributed by atoms with Gasteiger partial charge in [0.15, 0.2) is 6.10 Å². The maximum Gasteiger partial charge on any atom is 0.267 e. The normalized spacial score (nSPS) is 16.0. The molecule has 130 valence electrons. The molecule has 0 saturated carbocycles.